The molecule has 0 aromatic heterocycles. The number of amidine groups is 1. The summed E-state index contributed by atoms with van der Waals surface area (Å²) in [6.45, 7) is 9.35. The first kappa shape index (κ1) is 33.2. The standard InChI is InChI=1S/C25H45F3IN6O3/c1-5-20(25(26,27)28)18-24(38,10-7-12-34(6-2)21-8-9-21)11-13-33-14-16-35(17-15-33)23(37)32-31-22(29-4)30-19(3)36/h5,21,23,32,37-38H,6-18H2,1-4H3,(H,30,31,36)/q-1/b20-5+/t23?,24-/m0/s1. The van der Waals surface area contributed by atoms with Crippen LogP contribution in [0, 0.1) is 0 Å². The van der Waals surface area contributed by atoms with Gasteiger partial charge in [-0.3, -0.25) is 0 Å². The number of hydrazone groups is 1. The van der Waals surface area contributed by atoms with Gasteiger partial charge in [-0.25, -0.2) is 0 Å². The molecule has 2 aliphatic rings. The summed E-state index contributed by atoms with van der Waals surface area (Å²) in [5.74, 6) is -0.211. The molecule has 1 amide bonds. The van der Waals surface area contributed by atoms with Crippen molar-refractivity contribution in [2.45, 2.75) is 83.5 Å². The van der Waals surface area contributed by atoms with Gasteiger partial charge in [0.1, 0.15) is 0 Å². The minimum atomic E-state index is -4.46. The molecule has 2 rings (SSSR count). The van der Waals surface area contributed by atoms with E-state index in [2.05, 4.69) is 32.6 Å². The van der Waals surface area contributed by atoms with Crippen molar-refractivity contribution < 1.29 is 49.4 Å². The molecule has 2 atom stereocenters. The average molecular weight is 662 g/mol. The molecule has 9 nitrogen and oxygen atoms in total. The van der Waals surface area contributed by atoms with Crippen LogP contribution < -0.4 is 31.9 Å². The molecule has 38 heavy (non-hydrogen) atoms. The van der Waals surface area contributed by atoms with Crippen LogP contribution in [0.25, 0.3) is 0 Å². The molecule has 1 unspecified atom stereocenters. The molecule has 0 aromatic rings. The number of rotatable bonds is 15. The summed E-state index contributed by atoms with van der Waals surface area (Å²) in [4.78, 5) is 19.4. The number of hydrogen-bond donors (Lipinski definition) is 4. The third kappa shape index (κ3) is 11.6. The van der Waals surface area contributed by atoms with Crippen LogP contribution in [0.5, 0.6) is 0 Å². The van der Waals surface area contributed by atoms with Gasteiger partial charge in [-0.1, -0.05) is 13.0 Å². The quantitative estimate of drug-likeness (QED) is 0.0258. The molecule has 0 spiro atoms. The van der Waals surface area contributed by atoms with Crippen molar-refractivity contribution in [2.75, 3.05) is 50.7 Å². The number of carbonyl (C=O) groups is 1. The largest absolute Gasteiger partial charge is 0.412 e. The Morgan fingerprint density at radius 2 is 1.89 bits per heavy atom. The molecule has 4 N–H and O–H groups in total. The third-order valence-corrected chi connectivity index (χ3v) is 8.70. The molecule has 1 heterocycles. The van der Waals surface area contributed by atoms with Gasteiger partial charge in [0, 0.05) is 11.6 Å². The molecule has 2 fully saturated rings. The van der Waals surface area contributed by atoms with Crippen molar-refractivity contribution >= 4 is 9.75 Å². The maximum atomic E-state index is 13.5. The van der Waals surface area contributed by atoms with E-state index in [1.165, 1.54) is 26.7 Å². The van der Waals surface area contributed by atoms with Crippen molar-refractivity contribution in [3.63, 3.8) is 0 Å². The van der Waals surface area contributed by atoms with Crippen LogP contribution in [0.15, 0.2) is 16.8 Å². The molecule has 0 aromatic carbocycles. The number of nitrogens with one attached hydrogen (secondary N) is 2. The molecule has 1 aliphatic carbocycles. The van der Waals surface area contributed by atoms with E-state index in [0.29, 0.717) is 55.4 Å². The van der Waals surface area contributed by atoms with Gasteiger partial charge < -0.3 is 4.90 Å². The van der Waals surface area contributed by atoms with Crippen LogP contribution in [0.2, 0.25) is 0 Å². The molecule has 1 saturated heterocycles. The Bertz CT molecular complexity index is 804. The second-order valence-electron chi connectivity index (χ2n) is 10.1. The van der Waals surface area contributed by atoms with Crippen molar-refractivity contribution in [1.82, 2.24) is 25.4 Å². The van der Waals surface area contributed by atoms with Crippen molar-refractivity contribution in [3.05, 3.63) is 11.6 Å². The van der Waals surface area contributed by atoms with E-state index in [-0.39, 0.29) is 12.3 Å². The van der Waals surface area contributed by atoms with Crippen LogP contribution in [-0.2, 0) is 4.79 Å². The molecule has 1 aliphatic heterocycles. The van der Waals surface area contributed by atoms with Crippen LogP contribution in [0.1, 0.15) is 59.3 Å². The predicted molar refractivity (Wildman–Crippen MR) is 138 cm³/mol. The maximum Gasteiger partial charge on any atom is 0.412 e. The van der Waals surface area contributed by atoms with Gasteiger partial charge in [0.15, 0.2) is 0 Å². The van der Waals surface area contributed by atoms with E-state index < -0.39 is 51.3 Å². The number of alkyl halides is 4. The smallest absolute Gasteiger partial charge is 0.166 e. The van der Waals surface area contributed by atoms with Crippen molar-refractivity contribution in [2.24, 2.45) is 5.10 Å². The minimum Gasteiger partial charge on any atom is -0.166 e. The second-order valence-corrected chi connectivity index (χ2v) is 12.2. The molecule has 0 bridgehead atoms. The monoisotopic (exact) mass is 661 g/mol. The fraction of sp³-hybridized carbons (Fsp3) is 0.840. The molecule has 0 radical (unpaired) electrons. The van der Waals surface area contributed by atoms with Gasteiger partial charge in [-0.05, 0) is 39.3 Å². The zero-order valence-corrected chi connectivity index (χ0v) is 25.2. The van der Waals surface area contributed by atoms with E-state index >= 15 is 0 Å². The number of halogens is 4. The number of hydrogen-bond acceptors (Lipinski definition) is 8. The summed E-state index contributed by atoms with van der Waals surface area (Å²) in [7, 11) is 0. The van der Waals surface area contributed by atoms with Gasteiger partial charge in [0.25, 0.3) is 0 Å². The fourth-order valence-electron chi connectivity index (χ4n) is 4.73. The predicted octanol–water partition coefficient (Wildman–Crippen LogP) is -1.12. The number of allylic oxidation sites excluding steroid dienone is 1. The summed E-state index contributed by atoms with van der Waals surface area (Å²) in [6.07, 6.45) is -1.22. The Kier molecular flexibility index (Phi) is 13.7. The SMILES string of the molecule is C/C=C(\C[C@](O)(CCCN(CC)C1CC1)CCN1CCN(C(O)N/N=C(/NC(C)=O)[I-]C)CC1)C(F)(F)F. The van der Waals surface area contributed by atoms with Crippen LogP contribution in [0.4, 0.5) is 13.2 Å². The molecule has 13 heteroatoms. The van der Waals surface area contributed by atoms with E-state index in [9.17, 15) is 28.2 Å². The number of aliphatic hydroxyl groups excluding tert-OH is 1. The van der Waals surface area contributed by atoms with Crippen LogP contribution >= 0.6 is 0 Å². The summed E-state index contributed by atoms with van der Waals surface area (Å²) >= 11 is -0.476. The van der Waals surface area contributed by atoms with E-state index in [4.69, 9.17) is 0 Å². The Morgan fingerprint density at radius 3 is 2.39 bits per heavy atom. The van der Waals surface area contributed by atoms with Crippen molar-refractivity contribution in [3.8, 4) is 0 Å². The summed E-state index contributed by atoms with van der Waals surface area (Å²) in [5, 5.41) is 28.6. The first-order valence-electron chi connectivity index (χ1n) is 13.3. The van der Waals surface area contributed by atoms with Crippen LogP contribution in [0.3, 0.4) is 0 Å². The topological polar surface area (TPSA) is 104 Å². The number of piperazine rings is 1. The van der Waals surface area contributed by atoms with Gasteiger partial charge in [0.2, 0.25) is 0 Å². The van der Waals surface area contributed by atoms with E-state index in [1.54, 1.807) is 0 Å². The molecule has 222 valence electrons. The number of amides is 1. The van der Waals surface area contributed by atoms with Crippen LogP contribution in [-0.4, -0.2) is 110 Å². The maximum absolute atomic E-state index is 13.5. The summed E-state index contributed by atoms with van der Waals surface area (Å²) < 4.78 is 41.1. The van der Waals surface area contributed by atoms with Gasteiger partial charge in [-0.15, -0.1) is 0 Å². The second kappa shape index (κ2) is 15.7. The summed E-state index contributed by atoms with van der Waals surface area (Å²) in [5.41, 5.74) is 0.566. The minimum absolute atomic E-state index is 0.211. The van der Waals surface area contributed by atoms with E-state index in [1.807, 2.05) is 9.83 Å². The molecular weight excluding hydrogens is 616 g/mol. The molecule has 1 saturated carbocycles. The Morgan fingerprint density at radius 1 is 1.24 bits per heavy atom. The third-order valence-electron chi connectivity index (χ3n) is 7.17. The Hall–Kier alpha value is -1.00. The van der Waals surface area contributed by atoms with Gasteiger partial charge in [-0.2, -0.15) is 13.2 Å². The number of carbonyl (C=O) groups excluding carboxylic acids is 1. The van der Waals surface area contributed by atoms with Crippen molar-refractivity contribution in [1.29, 1.82) is 0 Å². The first-order chi connectivity index (χ1) is 17.9. The van der Waals surface area contributed by atoms with Gasteiger partial charge >= 0.3 is 154 Å². The Labute approximate surface area is 235 Å². The Balaban J connectivity index is 1.90. The average Bonchev–Trinajstić information content (AvgIpc) is 3.71. The first-order valence-corrected chi connectivity index (χ1v) is 16.6. The number of nitrogens with zero attached hydrogens (tertiary/aromatic N) is 4. The van der Waals surface area contributed by atoms with E-state index in [0.717, 1.165) is 19.2 Å². The molecular formula is C25H45F3IN6O3-. The fourth-order valence-corrected chi connectivity index (χ4v) is 5.76. The zero-order valence-electron chi connectivity index (χ0n) is 23.0. The normalized spacial score (nSPS) is 21.0. The number of aliphatic hydroxyl groups is 2. The summed E-state index contributed by atoms with van der Waals surface area (Å²) in [6, 6.07) is 0.585. The van der Waals surface area contributed by atoms with Gasteiger partial charge in [0.05, 0.1) is 0 Å². The zero-order chi connectivity index (χ0) is 28.3.